The van der Waals surface area contributed by atoms with Crippen molar-refractivity contribution in [1.82, 2.24) is 4.90 Å². The standard InChI is InChI=1S/C24H22ClFN2O2/c25-21-6-2-1-5-19(21)17-30-20-11-9-18(10-12-20)24(29)28-15-13-27(14-16-28)23-8-4-3-7-22(23)26/h1-12H,13-17H2. The van der Waals surface area contributed by atoms with Gasteiger partial charge in [0.05, 0.1) is 5.69 Å². The molecule has 0 aromatic heterocycles. The topological polar surface area (TPSA) is 32.8 Å². The lowest BCUT2D eigenvalue weighted by Gasteiger charge is -2.36. The van der Waals surface area contributed by atoms with Gasteiger partial charge < -0.3 is 14.5 Å². The van der Waals surface area contributed by atoms with Crippen LogP contribution in [0.15, 0.2) is 72.8 Å². The van der Waals surface area contributed by atoms with Gasteiger partial charge in [0.25, 0.3) is 5.91 Å². The van der Waals surface area contributed by atoms with Crippen LogP contribution in [0.1, 0.15) is 15.9 Å². The molecule has 0 aliphatic carbocycles. The van der Waals surface area contributed by atoms with Gasteiger partial charge in [-0.25, -0.2) is 4.39 Å². The molecule has 1 fully saturated rings. The van der Waals surface area contributed by atoms with Gasteiger partial charge in [-0.15, -0.1) is 0 Å². The molecule has 1 heterocycles. The maximum atomic E-state index is 14.0. The summed E-state index contributed by atoms with van der Waals surface area (Å²) in [5.74, 6) is 0.418. The van der Waals surface area contributed by atoms with Gasteiger partial charge in [0, 0.05) is 42.3 Å². The number of piperazine rings is 1. The Hall–Kier alpha value is -3.05. The highest BCUT2D eigenvalue weighted by Crippen LogP contribution is 2.22. The number of nitrogens with zero attached hydrogens (tertiary/aromatic N) is 2. The fraction of sp³-hybridized carbons (Fsp3) is 0.208. The summed E-state index contributed by atoms with van der Waals surface area (Å²) in [6.07, 6.45) is 0. The fourth-order valence-electron chi connectivity index (χ4n) is 3.51. The number of carbonyl (C=O) groups is 1. The molecular formula is C24H22ClFN2O2. The molecule has 0 spiro atoms. The minimum atomic E-state index is -0.232. The van der Waals surface area contributed by atoms with E-state index < -0.39 is 0 Å². The molecule has 3 aromatic carbocycles. The summed E-state index contributed by atoms with van der Waals surface area (Å²) in [7, 11) is 0. The minimum Gasteiger partial charge on any atom is -0.489 e. The second-order valence-electron chi connectivity index (χ2n) is 7.14. The molecule has 4 rings (SSSR count). The minimum absolute atomic E-state index is 0.0270. The van der Waals surface area contributed by atoms with Crippen LogP contribution in [0.3, 0.4) is 0 Å². The summed E-state index contributed by atoms with van der Waals surface area (Å²) in [6.45, 7) is 2.68. The number of rotatable bonds is 5. The van der Waals surface area contributed by atoms with Gasteiger partial charge in [-0.05, 0) is 42.5 Å². The lowest BCUT2D eigenvalue weighted by molar-refractivity contribution is 0.0746. The molecule has 0 N–H and O–H groups in total. The first kappa shape index (κ1) is 20.2. The normalized spacial score (nSPS) is 13.9. The smallest absolute Gasteiger partial charge is 0.253 e. The molecule has 1 aliphatic rings. The Labute approximate surface area is 180 Å². The van der Waals surface area contributed by atoms with Gasteiger partial charge in [0.1, 0.15) is 18.2 Å². The molecule has 0 unspecified atom stereocenters. The number of anilines is 1. The number of carbonyl (C=O) groups excluding carboxylic acids is 1. The monoisotopic (exact) mass is 424 g/mol. The molecule has 0 saturated carbocycles. The quantitative estimate of drug-likeness (QED) is 0.576. The highest BCUT2D eigenvalue weighted by molar-refractivity contribution is 6.31. The van der Waals surface area contributed by atoms with Crippen LogP contribution in [0.2, 0.25) is 5.02 Å². The molecule has 154 valence electrons. The predicted molar refractivity (Wildman–Crippen MR) is 117 cm³/mol. The maximum Gasteiger partial charge on any atom is 0.253 e. The number of hydrogen-bond donors (Lipinski definition) is 0. The third kappa shape index (κ3) is 4.57. The molecular weight excluding hydrogens is 403 g/mol. The van der Waals surface area contributed by atoms with Gasteiger partial charge in [0.2, 0.25) is 0 Å². The number of para-hydroxylation sites is 1. The van der Waals surface area contributed by atoms with Crippen molar-refractivity contribution >= 4 is 23.2 Å². The first-order chi connectivity index (χ1) is 14.6. The van der Waals surface area contributed by atoms with E-state index in [1.54, 1.807) is 41.3 Å². The van der Waals surface area contributed by atoms with E-state index in [0.717, 1.165) is 5.56 Å². The Balaban J connectivity index is 1.33. The maximum absolute atomic E-state index is 14.0. The van der Waals surface area contributed by atoms with Gasteiger partial charge in [-0.3, -0.25) is 4.79 Å². The Kier molecular flexibility index (Phi) is 6.19. The number of benzene rings is 3. The molecule has 1 amide bonds. The zero-order chi connectivity index (χ0) is 20.9. The van der Waals surface area contributed by atoms with E-state index in [1.807, 2.05) is 35.2 Å². The van der Waals surface area contributed by atoms with Crippen molar-refractivity contribution in [2.24, 2.45) is 0 Å². The Bertz CT molecular complexity index is 1020. The molecule has 1 aliphatic heterocycles. The van der Waals surface area contributed by atoms with E-state index in [4.69, 9.17) is 16.3 Å². The van der Waals surface area contributed by atoms with E-state index in [-0.39, 0.29) is 11.7 Å². The Morgan fingerprint density at radius 1 is 0.900 bits per heavy atom. The van der Waals surface area contributed by atoms with E-state index in [2.05, 4.69) is 0 Å². The van der Waals surface area contributed by atoms with Crippen molar-refractivity contribution in [3.05, 3.63) is 94.8 Å². The third-order valence-corrected chi connectivity index (χ3v) is 5.58. The van der Waals surface area contributed by atoms with Crippen LogP contribution in [0.4, 0.5) is 10.1 Å². The Morgan fingerprint density at radius 2 is 1.57 bits per heavy atom. The fourth-order valence-corrected chi connectivity index (χ4v) is 3.70. The van der Waals surface area contributed by atoms with Crippen LogP contribution in [0, 0.1) is 5.82 Å². The lowest BCUT2D eigenvalue weighted by Crippen LogP contribution is -2.49. The van der Waals surface area contributed by atoms with Crippen molar-refractivity contribution in [2.75, 3.05) is 31.1 Å². The molecule has 4 nitrogen and oxygen atoms in total. The average molecular weight is 425 g/mol. The van der Waals surface area contributed by atoms with Crippen molar-refractivity contribution in [2.45, 2.75) is 6.61 Å². The highest BCUT2D eigenvalue weighted by Gasteiger charge is 2.23. The van der Waals surface area contributed by atoms with Crippen molar-refractivity contribution in [3.8, 4) is 5.75 Å². The van der Waals surface area contributed by atoms with Gasteiger partial charge in [0.15, 0.2) is 0 Å². The Morgan fingerprint density at radius 3 is 2.27 bits per heavy atom. The van der Waals surface area contributed by atoms with Crippen molar-refractivity contribution in [1.29, 1.82) is 0 Å². The predicted octanol–water partition coefficient (Wildman–Crippen LogP) is 5.02. The SMILES string of the molecule is O=C(c1ccc(OCc2ccccc2Cl)cc1)N1CCN(c2ccccc2F)CC1. The molecule has 3 aromatic rings. The van der Waals surface area contributed by atoms with Gasteiger partial charge >= 0.3 is 0 Å². The summed E-state index contributed by atoms with van der Waals surface area (Å²) < 4.78 is 19.8. The van der Waals surface area contributed by atoms with Crippen LogP contribution >= 0.6 is 11.6 Å². The molecule has 0 atom stereocenters. The van der Waals surface area contributed by atoms with Crippen LogP contribution < -0.4 is 9.64 Å². The molecule has 6 heteroatoms. The van der Waals surface area contributed by atoms with Crippen molar-refractivity contribution in [3.63, 3.8) is 0 Å². The average Bonchev–Trinajstić information content (AvgIpc) is 2.79. The van der Waals surface area contributed by atoms with Gasteiger partial charge in [-0.1, -0.05) is 41.9 Å². The second-order valence-corrected chi connectivity index (χ2v) is 7.54. The summed E-state index contributed by atoms with van der Waals surface area (Å²) in [5.41, 5.74) is 2.11. The van der Waals surface area contributed by atoms with E-state index >= 15 is 0 Å². The first-order valence-electron chi connectivity index (χ1n) is 9.87. The summed E-state index contributed by atoms with van der Waals surface area (Å²) >= 11 is 6.15. The van der Waals surface area contributed by atoms with E-state index in [0.29, 0.717) is 54.8 Å². The first-order valence-corrected chi connectivity index (χ1v) is 10.2. The van der Waals surface area contributed by atoms with Crippen LogP contribution in [0.25, 0.3) is 0 Å². The highest BCUT2D eigenvalue weighted by atomic mass is 35.5. The van der Waals surface area contributed by atoms with E-state index in [1.165, 1.54) is 6.07 Å². The summed E-state index contributed by atoms with van der Waals surface area (Å²) in [6, 6.07) is 21.4. The van der Waals surface area contributed by atoms with Gasteiger partial charge in [-0.2, -0.15) is 0 Å². The largest absolute Gasteiger partial charge is 0.489 e. The number of halogens is 2. The third-order valence-electron chi connectivity index (χ3n) is 5.21. The summed E-state index contributed by atoms with van der Waals surface area (Å²) in [5, 5.41) is 0.666. The number of hydrogen-bond acceptors (Lipinski definition) is 3. The lowest BCUT2D eigenvalue weighted by atomic mass is 10.1. The van der Waals surface area contributed by atoms with Crippen LogP contribution in [-0.2, 0) is 6.61 Å². The molecule has 30 heavy (non-hydrogen) atoms. The number of amides is 1. The molecule has 1 saturated heterocycles. The van der Waals surface area contributed by atoms with Crippen molar-refractivity contribution < 1.29 is 13.9 Å². The van der Waals surface area contributed by atoms with E-state index in [9.17, 15) is 9.18 Å². The zero-order valence-corrected chi connectivity index (χ0v) is 17.2. The molecule has 0 radical (unpaired) electrons. The molecule has 0 bridgehead atoms. The second kappa shape index (κ2) is 9.18. The van der Waals surface area contributed by atoms with Crippen LogP contribution in [0.5, 0.6) is 5.75 Å². The number of ether oxygens (including phenoxy) is 1. The van der Waals surface area contributed by atoms with Crippen LogP contribution in [-0.4, -0.2) is 37.0 Å². The zero-order valence-electron chi connectivity index (χ0n) is 16.4. The summed E-state index contributed by atoms with van der Waals surface area (Å²) in [4.78, 5) is 16.6.